The van der Waals surface area contributed by atoms with E-state index in [1.54, 1.807) is 28.8 Å². The van der Waals surface area contributed by atoms with Crippen LogP contribution in [0.2, 0.25) is 0 Å². The molecule has 0 unspecified atom stereocenters. The van der Waals surface area contributed by atoms with Gasteiger partial charge in [-0.3, -0.25) is 4.40 Å². The average Bonchev–Trinajstić information content (AvgIpc) is 2.90. The van der Waals surface area contributed by atoms with Gasteiger partial charge in [-0.25, -0.2) is 4.98 Å². The van der Waals surface area contributed by atoms with E-state index in [0.717, 1.165) is 6.07 Å². The Labute approximate surface area is 118 Å². The van der Waals surface area contributed by atoms with Gasteiger partial charge in [0.15, 0.2) is 0 Å². The maximum atomic E-state index is 13.1. The first-order valence-electron chi connectivity index (χ1n) is 6.19. The second-order valence-electron chi connectivity index (χ2n) is 4.46. The fourth-order valence-electron chi connectivity index (χ4n) is 2.29. The van der Waals surface area contributed by atoms with Crippen LogP contribution in [0.1, 0.15) is 5.56 Å². The molecule has 2 heterocycles. The van der Waals surface area contributed by atoms with Gasteiger partial charge in [0.25, 0.3) is 0 Å². The zero-order valence-corrected chi connectivity index (χ0v) is 11.1. The predicted molar refractivity (Wildman–Crippen MR) is 72.2 cm³/mol. The number of benzene rings is 1. The number of aromatic nitrogens is 2. The van der Waals surface area contributed by atoms with E-state index in [4.69, 9.17) is 4.74 Å². The molecule has 0 bridgehead atoms. The highest BCUT2D eigenvalue weighted by Crippen LogP contribution is 2.37. The van der Waals surface area contributed by atoms with Crippen molar-refractivity contribution in [3.8, 4) is 17.1 Å². The number of nitrogens with zero attached hydrogens (tertiary/aromatic N) is 2. The molecule has 1 aromatic carbocycles. The number of pyridine rings is 1. The third kappa shape index (κ3) is 2.22. The van der Waals surface area contributed by atoms with Crippen LogP contribution in [-0.2, 0) is 6.18 Å². The van der Waals surface area contributed by atoms with Crippen LogP contribution in [0.15, 0.2) is 48.8 Å². The van der Waals surface area contributed by atoms with Crippen LogP contribution in [-0.4, -0.2) is 16.5 Å². The molecule has 2 aromatic heterocycles. The van der Waals surface area contributed by atoms with Crippen molar-refractivity contribution in [2.45, 2.75) is 6.18 Å². The highest BCUT2D eigenvalue weighted by Gasteiger charge is 2.34. The summed E-state index contributed by atoms with van der Waals surface area (Å²) in [6.45, 7) is 0. The largest absolute Gasteiger partial charge is 0.494 e. The lowest BCUT2D eigenvalue weighted by molar-refractivity contribution is -0.137. The molecule has 3 nitrogen and oxygen atoms in total. The molecular weight excluding hydrogens is 281 g/mol. The number of imidazole rings is 1. The Hall–Kier alpha value is -2.50. The van der Waals surface area contributed by atoms with Crippen molar-refractivity contribution in [1.29, 1.82) is 0 Å². The van der Waals surface area contributed by atoms with Crippen molar-refractivity contribution in [3.05, 3.63) is 54.4 Å². The van der Waals surface area contributed by atoms with Crippen molar-refractivity contribution >= 4 is 5.52 Å². The number of rotatable bonds is 2. The second-order valence-corrected chi connectivity index (χ2v) is 4.46. The van der Waals surface area contributed by atoms with Crippen molar-refractivity contribution in [1.82, 2.24) is 9.38 Å². The van der Waals surface area contributed by atoms with Crippen LogP contribution in [0, 0.1) is 0 Å². The van der Waals surface area contributed by atoms with E-state index in [0.29, 0.717) is 11.3 Å². The van der Waals surface area contributed by atoms with Crippen LogP contribution in [0.4, 0.5) is 13.2 Å². The molecule has 0 fully saturated rings. The fourth-order valence-corrected chi connectivity index (χ4v) is 2.29. The summed E-state index contributed by atoms with van der Waals surface area (Å²) >= 11 is 0. The molecule has 21 heavy (non-hydrogen) atoms. The SMILES string of the molecule is COc1cccn2c(-c3ccccc3C(F)(F)F)ncc12. The first-order chi connectivity index (χ1) is 10.0. The lowest BCUT2D eigenvalue weighted by Gasteiger charge is -2.12. The van der Waals surface area contributed by atoms with E-state index in [1.807, 2.05) is 0 Å². The van der Waals surface area contributed by atoms with Gasteiger partial charge in [-0.15, -0.1) is 0 Å². The number of alkyl halides is 3. The lowest BCUT2D eigenvalue weighted by Crippen LogP contribution is -2.08. The first kappa shape index (κ1) is 13.5. The van der Waals surface area contributed by atoms with Crippen LogP contribution < -0.4 is 4.74 Å². The van der Waals surface area contributed by atoms with E-state index < -0.39 is 11.7 Å². The van der Waals surface area contributed by atoms with Crippen molar-refractivity contribution in [2.75, 3.05) is 7.11 Å². The molecular formula is C15H11F3N2O. The van der Waals surface area contributed by atoms with E-state index >= 15 is 0 Å². The molecule has 0 saturated heterocycles. The van der Waals surface area contributed by atoms with E-state index in [9.17, 15) is 13.2 Å². The molecule has 0 aliphatic heterocycles. The van der Waals surface area contributed by atoms with Crippen LogP contribution in [0.25, 0.3) is 16.9 Å². The summed E-state index contributed by atoms with van der Waals surface area (Å²) in [5, 5.41) is 0. The third-order valence-corrected chi connectivity index (χ3v) is 3.23. The zero-order valence-electron chi connectivity index (χ0n) is 11.1. The Morgan fingerprint density at radius 2 is 1.86 bits per heavy atom. The lowest BCUT2D eigenvalue weighted by atomic mass is 10.1. The van der Waals surface area contributed by atoms with E-state index in [2.05, 4.69) is 4.98 Å². The Kier molecular flexibility index (Phi) is 3.08. The number of methoxy groups -OCH3 is 1. The summed E-state index contributed by atoms with van der Waals surface area (Å²) in [4.78, 5) is 4.13. The smallest absolute Gasteiger partial charge is 0.417 e. The monoisotopic (exact) mass is 292 g/mol. The molecule has 0 amide bonds. The topological polar surface area (TPSA) is 26.5 Å². The molecule has 0 saturated carbocycles. The van der Waals surface area contributed by atoms with Gasteiger partial charge in [-0.05, 0) is 18.2 Å². The van der Waals surface area contributed by atoms with Gasteiger partial charge in [0.2, 0.25) is 0 Å². The minimum atomic E-state index is -4.43. The average molecular weight is 292 g/mol. The summed E-state index contributed by atoms with van der Waals surface area (Å²) in [7, 11) is 1.51. The Balaban J connectivity index is 2.28. The minimum Gasteiger partial charge on any atom is -0.494 e. The number of ether oxygens (including phenoxy) is 1. The van der Waals surface area contributed by atoms with Gasteiger partial charge in [-0.2, -0.15) is 13.2 Å². The summed E-state index contributed by atoms with van der Waals surface area (Å²) < 4.78 is 46.2. The van der Waals surface area contributed by atoms with Crippen LogP contribution in [0.5, 0.6) is 5.75 Å². The highest BCUT2D eigenvalue weighted by molar-refractivity contribution is 5.69. The minimum absolute atomic E-state index is 0.0400. The van der Waals surface area contributed by atoms with E-state index in [1.165, 1.54) is 25.4 Å². The van der Waals surface area contributed by atoms with Crippen LogP contribution >= 0.6 is 0 Å². The molecule has 0 aliphatic carbocycles. The van der Waals surface area contributed by atoms with Gasteiger partial charge in [0, 0.05) is 11.8 Å². The van der Waals surface area contributed by atoms with Crippen molar-refractivity contribution in [2.24, 2.45) is 0 Å². The fraction of sp³-hybridized carbons (Fsp3) is 0.133. The maximum Gasteiger partial charge on any atom is 0.417 e. The Morgan fingerprint density at radius 1 is 1.10 bits per heavy atom. The normalized spacial score (nSPS) is 11.8. The number of halogens is 3. The maximum absolute atomic E-state index is 13.1. The molecule has 3 rings (SSSR count). The molecule has 108 valence electrons. The first-order valence-corrected chi connectivity index (χ1v) is 6.19. The quantitative estimate of drug-likeness (QED) is 0.713. The van der Waals surface area contributed by atoms with E-state index in [-0.39, 0.29) is 11.4 Å². The third-order valence-electron chi connectivity index (χ3n) is 3.23. The van der Waals surface area contributed by atoms with Crippen LogP contribution in [0.3, 0.4) is 0 Å². The number of fused-ring (bicyclic) bond motifs is 1. The van der Waals surface area contributed by atoms with Crippen molar-refractivity contribution in [3.63, 3.8) is 0 Å². The standard InChI is InChI=1S/C15H11F3N2O/c1-21-13-7-4-8-20-12(13)9-19-14(20)10-5-2-3-6-11(10)15(16,17)18/h2-9H,1H3. The van der Waals surface area contributed by atoms with Crippen molar-refractivity contribution < 1.29 is 17.9 Å². The Bertz CT molecular complexity index is 793. The summed E-state index contributed by atoms with van der Waals surface area (Å²) in [6.07, 6.45) is -1.27. The summed E-state index contributed by atoms with van der Waals surface area (Å²) in [5.41, 5.74) is -0.0504. The van der Waals surface area contributed by atoms with Gasteiger partial charge < -0.3 is 4.74 Å². The summed E-state index contributed by atoms with van der Waals surface area (Å²) in [5.74, 6) is 0.789. The second kappa shape index (κ2) is 4.80. The predicted octanol–water partition coefficient (Wildman–Crippen LogP) is 4.03. The number of hydrogen-bond donors (Lipinski definition) is 0. The summed E-state index contributed by atoms with van der Waals surface area (Å²) in [6, 6.07) is 8.83. The molecule has 0 aliphatic rings. The molecule has 0 atom stereocenters. The molecule has 0 radical (unpaired) electrons. The molecule has 3 aromatic rings. The van der Waals surface area contributed by atoms with Gasteiger partial charge in [0.1, 0.15) is 17.1 Å². The highest BCUT2D eigenvalue weighted by atomic mass is 19.4. The molecule has 6 heteroatoms. The Morgan fingerprint density at radius 3 is 2.57 bits per heavy atom. The molecule has 0 N–H and O–H groups in total. The zero-order chi connectivity index (χ0) is 15.0. The van der Waals surface area contributed by atoms with Gasteiger partial charge in [0.05, 0.1) is 18.9 Å². The molecule has 0 spiro atoms. The number of hydrogen-bond acceptors (Lipinski definition) is 2. The van der Waals surface area contributed by atoms with Gasteiger partial charge >= 0.3 is 6.18 Å². The van der Waals surface area contributed by atoms with Gasteiger partial charge in [-0.1, -0.05) is 18.2 Å².